The second-order valence-electron chi connectivity index (χ2n) is 2.70. The smallest absolute Gasteiger partial charge is 0.355 e. The monoisotopic (exact) mass is 209 g/mol. The maximum absolute atomic E-state index is 11.3. The Morgan fingerprint density at radius 1 is 1.60 bits per heavy atom. The van der Waals surface area contributed by atoms with E-state index in [1.165, 1.54) is 6.08 Å². The average molecular weight is 209 g/mol. The van der Waals surface area contributed by atoms with Gasteiger partial charge in [-0.1, -0.05) is 0 Å². The third-order valence-electron chi connectivity index (χ3n) is 1.66. The molecule has 0 unspecified atom stereocenters. The van der Waals surface area contributed by atoms with Crippen molar-refractivity contribution in [1.29, 1.82) is 0 Å². The Kier molecular flexibility index (Phi) is 3.68. The molecule has 0 spiro atoms. The summed E-state index contributed by atoms with van der Waals surface area (Å²) in [6.07, 6.45) is 3.85. The normalized spacial score (nSPS) is 10.5. The van der Waals surface area contributed by atoms with E-state index in [9.17, 15) is 9.59 Å². The highest BCUT2D eigenvalue weighted by molar-refractivity contribution is 5.94. The molecule has 80 valence electrons. The predicted molar refractivity (Wildman–Crippen MR) is 53.4 cm³/mol. The number of esters is 1. The molecule has 15 heavy (non-hydrogen) atoms. The summed E-state index contributed by atoms with van der Waals surface area (Å²) >= 11 is 0. The van der Waals surface area contributed by atoms with Crippen LogP contribution in [-0.2, 0) is 9.53 Å². The maximum Gasteiger partial charge on any atom is 0.355 e. The fourth-order valence-electron chi connectivity index (χ4n) is 1.06. The van der Waals surface area contributed by atoms with Crippen molar-refractivity contribution in [3.63, 3.8) is 0 Å². The van der Waals surface area contributed by atoms with Crippen LogP contribution in [0.15, 0.2) is 18.3 Å². The number of hydrogen-bond acceptors (Lipinski definition) is 3. The van der Waals surface area contributed by atoms with Gasteiger partial charge in [0.05, 0.1) is 6.61 Å². The largest absolute Gasteiger partial charge is 0.478 e. The lowest BCUT2D eigenvalue weighted by atomic mass is 10.2. The van der Waals surface area contributed by atoms with Crippen LogP contribution in [-0.4, -0.2) is 28.6 Å². The molecule has 0 bridgehead atoms. The van der Waals surface area contributed by atoms with E-state index in [-0.39, 0.29) is 12.3 Å². The first-order chi connectivity index (χ1) is 7.15. The fourth-order valence-corrected chi connectivity index (χ4v) is 1.06. The molecule has 1 heterocycles. The Bertz CT molecular complexity index is 392. The Morgan fingerprint density at radius 2 is 2.33 bits per heavy atom. The molecule has 0 aromatic carbocycles. The van der Waals surface area contributed by atoms with Crippen LogP contribution in [0.25, 0.3) is 6.08 Å². The summed E-state index contributed by atoms with van der Waals surface area (Å²) in [6, 6.07) is 1.60. The lowest BCUT2D eigenvalue weighted by molar-refractivity contribution is -0.131. The zero-order valence-corrected chi connectivity index (χ0v) is 8.19. The van der Waals surface area contributed by atoms with Gasteiger partial charge in [0.15, 0.2) is 0 Å². The zero-order valence-electron chi connectivity index (χ0n) is 8.19. The number of nitrogens with one attached hydrogen (secondary N) is 1. The summed E-state index contributed by atoms with van der Waals surface area (Å²) in [4.78, 5) is 24.3. The molecular formula is C10H11NO4. The maximum atomic E-state index is 11.3. The van der Waals surface area contributed by atoms with Crippen molar-refractivity contribution in [1.82, 2.24) is 4.98 Å². The van der Waals surface area contributed by atoms with E-state index in [0.717, 1.165) is 6.08 Å². The first-order valence-corrected chi connectivity index (χ1v) is 4.40. The standard InChI is InChI=1S/C10H11NO4/c1-2-15-10(14)9-7(5-6-11-9)3-4-8(12)13/h3-6,11H,2H2,1H3,(H,12,13)/b4-3+. The van der Waals surface area contributed by atoms with Crippen molar-refractivity contribution in [2.24, 2.45) is 0 Å². The molecular weight excluding hydrogens is 198 g/mol. The van der Waals surface area contributed by atoms with E-state index in [1.54, 1.807) is 19.2 Å². The number of rotatable bonds is 4. The molecule has 0 aliphatic carbocycles. The molecule has 0 aliphatic heterocycles. The molecule has 5 heteroatoms. The predicted octanol–water partition coefficient (Wildman–Crippen LogP) is 1.29. The number of H-pyrrole nitrogens is 1. The lowest BCUT2D eigenvalue weighted by Gasteiger charge is -1.99. The molecule has 0 amide bonds. The van der Waals surface area contributed by atoms with Gasteiger partial charge in [-0.25, -0.2) is 9.59 Å². The number of ether oxygens (including phenoxy) is 1. The minimum Gasteiger partial charge on any atom is -0.478 e. The SMILES string of the molecule is CCOC(=O)c1[nH]ccc1/C=C/C(=O)O. The molecule has 1 aromatic rings. The van der Waals surface area contributed by atoms with Crippen LogP contribution in [0.2, 0.25) is 0 Å². The van der Waals surface area contributed by atoms with Crippen molar-refractivity contribution < 1.29 is 19.4 Å². The van der Waals surface area contributed by atoms with E-state index < -0.39 is 11.9 Å². The number of carboxylic acids is 1. The van der Waals surface area contributed by atoms with Crippen molar-refractivity contribution in [2.45, 2.75) is 6.92 Å². The van der Waals surface area contributed by atoms with Gasteiger partial charge in [-0.15, -0.1) is 0 Å². The van der Waals surface area contributed by atoms with Gasteiger partial charge in [0.25, 0.3) is 0 Å². The Balaban J connectivity index is 2.86. The molecule has 1 rings (SSSR count). The second-order valence-corrected chi connectivity index (χ2v) is 2.70. The molecule has 0 aliphatic rings. The van der Waals surface area contributed by atoms with Gasteiger partial charge in [0, 0.05) is 17.8 Å². The first kappa shape index (κ1) is 11.0. The lowest BCUT2D eigenvalue weighted by Crippen LogP contribution is -2.06. The third kappa shape index (κ3) is 2.98. The van der Waals surface area contributed by atoms with Crippen LogP contribution >= 0.6 is 0 Å². The summed E-state index contributed by atoms with van der Waals surface area (Å²) < 4.78 is 4.78. The molecule has 5 nitrogen and oxygen atoms in total. The quantitative estimate of drug-likeness (QED) is 0.578. The van der Waals surface area contributed by atoms with E-state index in [0.29, 0.717) is 5.56 Å². The van der Waals surface area contributed by atoms with Gasteiger partial charge in [-0.3, -0.25) is 0 Å². The topological polar surface area (TPSA) is 79.4 Å². The summed E-state index contributed by atoms with van der Waals surface area (Å²) in [7, 11) is 0. The van der Waals surface area contributed by atoms with Crippen LogP contribution in [0.5, 0.6) is 0 Å². The number of carbonyl (C=O) groups is 2. The molecule has 0 atom stereocenters. The zero-order chi connectivity index (χ0) is 11.3. The molecule has 0 saturated carbocycles. The Morgan fingerprint density at radius 3 is 2.93 bits per heavy atom. The molecule has 1 aromatic heterocycles. The average Bonchev–Trinajstić information content (AvgIpc) is 2.62. The van der Waals surface area contributed by atoms with Gasteiger partial charge >= 0.3 is 11.9 Å². The van der Waals surface area contributed by atoms with Crippen molar-refractivity contribution in [3.8, 4) is 0 Å². The van der Waals surface area contributed by atoms with Gasteiger partial charge in [0.2, 0.25) is 0 Å². The van der Waals surface area contributed by atoms with E-state index >= 15 is 0 Å². The number of carboxylic acid groups (broad SMARTS) is 1. The van der Waals surface area contributed by atoms with Crippen LogP contribution in [0.1, 0.15) is 23.0 Å². The fraction of sp³-hybridized carbons (Fsp3) is 0.200. The summed E-state index contributed by atoms with van der Waals surface area (Å²) in [5, 5.41) is 8.43. The van der Waals surface area contributed by atoms with Crippen LogP contribution in [0.4, 0.5) is 0 Å². The van der Waals surface area contributed by atoms with E-state index in [2.05, 4.69) is 4.98 Å². The highest BCUT2D eigenvalue weighted by atomic mass is 16.5. The minimum absolute atomic E-state index is 0.259. The summed E-state index contributed by atoms with van der Waals surface area (Å²) in [6.45, 7) is 1.98. The summed E-state index contributed by atoms with van der Waals surface area (Å²) in [5.41, 5.74) is 0.755. The molecule has 0 saturated heterocycles. The summed E-state index contributed by atoms with van der Waals surface area (Å²) in [5.74, 6) is -1.56. The number of aromatic nitrogens is 1. The number of aliphatic carboxylic acids is 1. The van der Waals surface area contributed by atoms with Crippen molar-refractivity contribution in [2.75, 3.05) is 6.61 Å². The Hall–Kier alpha value is -2.04. The third-order valence-corrected chi connectivity index (χ3v) is 1.66. The van der Waals surface area contributed by atoms with Gasteiger partial charge in [0.1, 0.15) is 5.69 Å². The highest BCUT2D eigenvalue weighted by Crippen LogP contribution is 2.10. The van der Waals surface area contributed by atoms with Gasteiger partial charge < -0.3 is 14.8 Å². The van der Waals surface area contributed by atoms with Crippen LogP contribution in [0, 0.1) is 0 Å². The van der Waals surface area contributed by atoms with Gasteiger partial charge in [-0.05, 0) is 19.1 Å². The Labute approximate surface area is 86.4 Å². The van der Waals surface area contributed by atoms with E-state index in [4.69, 9.17) is 9.84 Å². The number of carbonyl (C=O) groups excluding carboxylic acids is 1. The first-order valence-electron chi connectivity index (χ1n) is 4.40. The number of aromatic amines is 1. The second kappa shape index (κ2) is 4.99. The molecule has 0 fully saturated rings. The van der Waals surface area contributed by atoms with Crippen molar-refractivity contribution in [3.05, 3.63) is 29.6 Å². The highest BCUT2D eigenvalue weighted by Gasteiger charge is 2.11. The number of hydrogen-bond donors (Lipinski definition) is 2. The molecule has 2 N–H and O–H groups in total. The van der Waals surface area contributed by atoms with Crippen LogP contribution < -0.4 is 0 Å². The minimum atomic E-state index is -1.06. The van der Waals surface area contributed by atoms with Crippen LogP contribution in [0.3, 0.4) is 0 Å². The van der Waals surface area contributed by atoms with Crippen molar-refractivity contribution >= 4 is 18.0 Å². The van der Waals surface area contributed by atoms with Gasteiger partial charge in [-0.2, -0.15) is 0 Å². The molecule has 0 radical (unpaired) electrons. The van der Waals surface area contributed by atoms with E-state index in [1.807, 2.05) is 0 Å².